The van der Waals surface area contributed by atoms with Gasteiger partial charge in [0.05, 0.1) is 43.2 Å². The van der Waals surface area contributed by atoms with Gasteiger partial charge in [0.15, 0.2) is 29.1 Å². The predicted octanol–water partition coefficient (Wildman–Crippen LogP) is 14.3. The number of carbonyl (C=O) groups excluding carboxylic acids is 5. The SMILES string of the molecule is CC(C)OC(=O)/C=C\n1cnc(-c2cc(C#N)cc(OC(C)C)c2)n1.COc1cc(C)cc(-c2ncn(/C=C\C(=O)OC3CCC3)n2)c1.Cc1cc(OCCN(C)C)cc(-c2ncn(/C=C/C(=O)OC(C)C)n2)c1.Cc1cc(OCCN(C)C)cc(-c2ncn(/C=C\C(=O)OC(C)C)n2)c1.O=C(/C=C\n1cnc(-c2cc(Cl)nc(Cl)c2)n1)OC1CCC1. The van der Waals surface area contributed by atoms with Gasteiger partial charge in [0, 0.05) is 102 Å². The summed E-state index contributed by atoms with van der Waals surface area (Å²) in [6.07, 6.45) is 27.4. The van der Waals surface area contributed by atoms with Crippen LogP contribution in [0, 0.1) is 32.1 Å². The molecule has 0 amide bonds. The number of likely N-dealkylation sites (N-methyl/N-ethyl adjacent to an activating group) is 2. The second-order valence-electron chi connectivity index (χ2n) is 29.4. The topological polar surface area (TPSA) is 365 Å². The number of hydrogen-bond donors (Lipinski definition) is 0. The van der Waals surface area contributed by atoms with Gasteiger partial charge in [-0.1, -0.05) is 23.2 Å². The summed E-state index contributed by atoms with van der Waals surface area (Å²) in [7, 11) is 9.65. The second-order valence-corrected chi connectivity index (χ2v) is 30.2. The summed E-state index contributed by atoms with van der Waals surface area (Å²) in [5.41, 5.74) is 7.55. The molecule has 644 valence electrons. The number of pyridine rings is 1. The number of nitriles is 1. The quantitative estimate of drug-likeness (QED) is 0.0168. The Balaban J connectivity index is 0.000000190. The molecule has 0 bridgehead atoms. The standard InChI is InChI=1S/2C19H26N4O3.C18H20N4O3.C17H19N3O3.C14H12Cl2N4O2/c2*1-14(2)26-18(24)6-7-23-13-20-19(21-23)16-10-15(3)11-17(12-16)25-9-8-22(4)5;1-12(2)24-16-8-14(10-19)7-15(9-16)18-20-11-22(21-18)6-5-17(23)25-13(3)4;1-12-8-13(10-15(9-12)22-2)17-18-11-20(19-17)7-6-16(21)23-14-4-3-5-14;15-11-6-9(7-12(16)18-11)14-17-8-20(19-14)5-4-13(21)22-10-2-1-3-10/h2*6-7,10-14H,8-9H2,1-5H3;5-9,11-13H,1-4H3;6-11,14H,3-5H2,1-2H3;4-8,10H,1-3H2/b7-6+;7-6-;6-5-;7-6-;5-4-. The van der Waals surface area contributed by atoms with E-state index in [1.54, 1.807) is 104 Å². The van der Waals surface area contributed by atoms with Crippen molar-refractivity contribution >= 4 is 84.0 Å². The Labute approximate surface area is 719 Å². The molecule has 2 fully saturated rings. The lowest BCUT2D eigenvalue weighted by Crippen LogP contribution is -2.24. The average Bonchev–Trinajstić information content (AvgIpc) is 1.74. The summed E-state index contributed by atoms with van der Waals surface area (Å²) in [5.74, 6) is 3.47. The molecular weight excluding hydrogens is 1610 g/mol. The number of rotatable bonds is 31. The van der Waals surface area contributed by atoms with Gasteiger partial charge in [-0.05, 0) is 244 Å². The third-order valence-corrected chi connectivity index (χ3v) is 16.9. The number of hydrogen-bond acceptors (Lipinski definition) is 28. The molecule has 0 aliphatic heterocycles. The Morgan fingerprint density at radius 2 is 0.730 bits per heavy atom. The van der Waals surface area contributed by atoms with E-state index in [1.807, 2.05) is 117 Å². The minimum Gasteiger partial charge on any atom is -0.497 e. The first-order valence-corrected chi connectivity index (χ1v) is 40.0. The van der Waals surface area contributed by atoms with E-state index in [-0.39, 0.29) is 58.9 Å². The zero-order valence-corrected chi connectivity index (χ0v) is 72.8. The number of nitrogens with zero attached hydrogens (tertiary/aromatic N) is 19. The zero-order valence-electron chi connectivity index (χ0n) is 71.2. The van der Waals surface area contributed by atoms with Gasteiger partial charge >= 0.3 is 29.8 Å². The van der Waals surface area contributed by atoms with Crippen molar-refractivity contribution in [1.29, 1.82) is 5.26 Å². The van der Waals surface area contributed by atoms with Crippen molar-refractivity contribution in [2.75, 3.05) is 61.6 Å². The van der Waals surface area contributed by atoms with E-state index in [9.17, 15) is 29.2 Å². The molecule has 0 unspecified atom stereocenters. The van der Waals surface area contributed by atoms with E-state index in [0.717, 1.165) is 102 Å². The van der Waals surface area contributed by atoms with Crippen LogP contribution in [0.1, 0.15) is 116 Å². The first-order valence-electron chi connectivity index (χ1n) is 39.3. The first-order chi connectivity index (χ1) is 58.3. The number of esters is 5. The van der Waals surface area contributed by atoms with E-state index < -0.39 is 17.9 Å². The van der Waals surface area contributed by atoms with E-state index in [0.29, 0.717) is 64.8 Å². The highest BCUT2D eigenvalue weighted by molar-refractivity contribution is 6.32. The van der Waals surface area contributed by atoms with Crippen molar-refractivity contribution in [2.45, 2.75) is 151 Å². The van der Waals surface area contributed by atoms with Gasteiger partial charge in [0.2, 0.25) is 0 Å². The molecule has 0 saturated heterocycles. The smallest absolute Gasteiger partial charge is 0.332 e. The van der Waals surface area contributed by atoms with Crippen LogP contribution in [-0.2, 0) is 47.7 Å². The number of carbonyl (C=O) groups is 5. The van der Waals surface area contributed by atoms with Crippen LogP contribution in [0.4, 0.5) is 0 Å². The lowest BCUT2D eigenvalue weighted by atomic mass is 9.96. The fourth-order valence-electron chi connectivity index (χ4n) is 10.6. The third-order valence-electron chi connectivity index (χ3n) is 16.5. The molecule has 2 saturated carbocycles. The molecule has 0 radical (unpaired) electrons. The minimum absolute atomic E-state index is 0.0118. The molecule has 35 heteroatoms. The maximum absolute atomic E-state index is 11.6. The largest absolute Gasteiger partial charge is 0.497 e. The summed E-state index contributed by atoms with van der Waals surface area (Å²) in [4.78, 5) is 87.0. The van der Waals surface area contributed by atoms with E-state index in [4.69, 9.17) is 65.8 Å². The molecule has 0 spiro atoms. The Morgan fingerprint density at radius 3 is 1.02 bits per heavy atom. The van der Waals surface area contributed by atoms with Crippen LogP contribution in [0.15, 0.2) is 147 Å². The maximum Gasteiger partial charge on any atom is 0.332 e. The van der Waals surface area contributed by atoms with Crippen molar-refractivity contribution in [3.8, 4) is 86.0 Å². The minimum atomic E-state index is -0.453. The second kappa shape index (κ2) is 47.7. The molecule has 0 atom stereocenters. The number of aryl methyl sites for hydroxylation is 3. The molecule has 0 N–H and O–H groups in total. The molecule has 6 heterocycles. The molecule has 6 aromatic heterocycles. The van der Waals surface area contributed by atoms with Crippen LogP contribution in [0.2, 0.25) is 10.3 Å². The fourth-order valence-corrected chi connectivity index (χ4v) is 11.1. The van der Waals surface area contributed by atoms with Gasteiger partial charge in [-0.25, -0.2) is 77.3 Å². The van der Waals surface area contributed by atoms with Crippen LogP contribution >= 0.6 is 23.2 Å². The van der Waals surface area contributed by atoms with Crippen LogP contribution in [0.25, 0.3) is 87.9 Å². The molecule has 2 aliphatic rings. The number of aromatic nitrogens is 16. The first kappa shape index (κ1) is 94.5. The van der Waals surface area contributed by atoms with Crippen LogP contribution in [0.5, 0.6) is 23.0 Å². The van der Waals surface area contributed by atoms with Crippen molar-refractivity contribution in [3.63, 3.8) is 0 Å². The summed E-state index contributed by atoms with van der Waals surface area (Å²) < 4.78 is 55.3. The molecule has 122 heavy (non-hydrogen) atoms. The van der Waals surface area contributed by atoms with Gasteiger partial charge in [0.1, 0.15) is 90.4 Å². The van der Waals surface area contributed by atoms with Gasteiger partial charge in [-0.3, -0.25) is 0 Å². The number of methoxy groups -OCH3 is 1. The molecule has 12 rings (SSSR count). The van der Waals surface area contributed by atoms with Crippen molar-refractivity contribution in [3.05, 3.63) is 180 Å². The average molecular weight is 1710 g/mol. The predicted molar refractivity (Wildman–Crippen MR) is 462 cm³/mol. The number of halogens is 2. The summed E-state index contributed by atoms with van der Waals surface area (Å²) in [6.45, 7) is 23.5. The highest BCUT2D eigenvalue weighted by atomic mass is 35.5. The third kappa shape index (κ3) is 33.6. The molecule has 10 aromatic rings. The Morgan fingerprint density at radius 1 is 0.426 bits per heavy atom. The Kier molecular flexibility index (Phi) is 36.9. The lowest BCUT2D eigenvalue weighted by Gasteiger charge is -2.24. The van der Waals surface area contributed by atoms with Crippen LogP contribution in [0.3, 0.4) is 0 Å². The lowest BCUT2D eigenvalue weighted by molar-refractivity contribution is -0.147. The number of benzene rings is 4. The Bertz CT molecular complexity index is 5160. The van der Waals surface area contributed by atoms with Crippen LogP contribution < -0.4 is 18.9 Å². The maximum atomic E-state index is 11.6. The fraction of sp³-hybridized carbons (Fsp3) is 0.368. The summed E-state index contributed by atoms with van der Waals surface area (Å²) in [6, 6.07) is 28.0. The summed E-state index contributed by atoms with van der Waals surface area (Å²) >= 11 is 11.7. The normalized spacial score (nSPS) is 12.6. The van der Waals surface area contributed by atoms with Crippen molar-refractivity contribution in [1.82, 2.24) is 88.6 Å². The Hall–Kier alpha value is -13.0. The zero-order chi connectivity index (χ0) is 88.4. The summed E-state index contributed by atoms with van der Waals surface area (Å²) in [5, 5.41) is 31.3. The van der Waals surface area contributed by atoms with Gasteiger partial charge < -0.3 is 52.4 Å². The van der Waals surface area contributed by atoms with E-state index in [1.165, 1.54) is 91.2 Å². The molecular formula is C87H103Cl2N19O14. The van der Waals surface area contributed by atoms with Crippen LogP contribution in [-0.4, -0.2) is 217 Å². The van der Waals surface area contributed by atoms with E-state index >= 15 is 0 Å². The highest BCUT2D eigenvalue weighted by Gasteiger charge is 2.22. The monoisotopic (exact) mass is 1710 g/mol. The van der Waals surface area contributed by atoms with E-state index in [2.05, 4.69) is 71.3 Å². The highest BCUT2D eigenvalue weighted by Crippen LogP contribution is 2.30. The van der Waals surface area contributed by atoms with Crippen molar-refractivity contribution < 1.29 is 66.6 Å². The molecule has 4 aromatic carbocycles. The van der Waals surface area contributed by atoms with Gasteiger partial charge in [-0.15, -0.1) is 25.5 Å². The van der Waals surface area contributed by atoms with Gasteiger partial charge in [0.25, 0.3) is 0 Å². The number of ether oxygens (including phenoxy) is 9. The molecule has 2 aliphatic carbocycles. The van der Waals surface area contributed by atoms with Crippen molar-refractivity contribution in [2.24, 2.45) is 0 Å². The molecule has 33 nitrogen and oxygen atoms in total. The van der Waals surface area contributed by atoms with Gasteiger partial charge in [-0.2, -0.15) is 5.26 Å².